The average Bonchev–Trinajstić information content (AvgIpc) is 2.68. The van der Waals surface area contributed by atoms with Crippen LogP contribution in [0, 0.1) is 0 Å². The second kappa shape index (κ2) is 7.25. The molecule has 1 aromatic heterocycles. The molecule has 18 heavy (non-hydrogen) atoms. The van der Waals surface area contributed by atoms with Gasteiger partial charge in [-0.25, -0.2) is 0 Å². The average molecular weight is 399 g/mol. The molecule has 0 radical (unpaired) electrons. The third-order valence-electron chi connectivity index (χ3n) is 2.37. The summed E-state index contributed by atoms with van der Waals surface area (Å²) in [6.07, 6.45) is 0.207. The molecule has 0 bridgehead atoms. The maximum absolute atomic E-state index is 12.2. The van der Waals surface area contributed by atoms with Crippen LogP contribution in [0.1, 0.15) is 23.7 Å². The second-order valence-electron chi connectivity index (χ2n) is 3.45. The van der Waals surface area contributed by atoms with Gasteiger partial charge in [-0.15, -0.1) is 11.3 Å². The first-order chi connectivity index (χ1) is 8.49. The minimum atomic E-state index is -0.313. The summed E-state index contributed by atoms with van der Waals surface area (Å²) in [6.45, 7) is 2.79. The van der Waals surface area contributed by atoms with Gasteiger partial charge in [0.2, 0.25) is 0 Å². The lowest BCUT2D eigenvalue weighted by Gasteiger charge is -2.19. The molecule has 0 fully saturated rings. The maximum atomic E-state index is 12.2. The van der Waals surface area contributed by atoms with E-state index in [1.54, 1.807) is 11.0 Å². The SMILES string of the molecule is CCN(CCC(=O)OC)C(=O)c1cc(Br)sc1Br. The molecule has 0 saturated heterocycles. The van der Waals surface area contributed by atoms with Crippen molar-refractivity contribution in [1.82, 2.24) is 4.90 Å². The van der Waals surface area contributed by atoms with Gasteiger partial charge in [0.05, 0.1) is 26.7 Å². The number of ether oxygens (including phenoxy) is 1. The van der Waals surface area contributed by atoms with Crippen molar-refractivity contribution in [2.45, 2.75) is 13.3 Å². The molecular formula is C11H13Br2NO3S. The van der Waals surface area contributed by atoms with Gasteiger partial charge in [-0.3, -0.25) is 9.59 Å². The number of esters is 1. The minimum absolute atomic E-state index is 0.0878. The second-order valence-corrected chi connectivity index (χ2v) is 7.20. The van der Waals surface area contributed by atoms with E-state index in [-0.39, 0.29) is 18.3 Å². The number of amides is 1. The number of carbonyl (C=O) groups is 2. The number of thiophene rings is 1. The minimum Gasteiger partial charge on any atom is -0.469 e. The Bertz CT molecular complexity index is 447. The highest BCUT2D eigenvalue weighted by Crippen LogP contribution is 2.32. The van der Waals surface area contributed by atoms with Crippen molar-refractivity contribution >= 4 is 55.1 Å². The summed E-state index contributed by atoms with van der Waals surface area (Å²) in [5.74, 6) is -0.401. The molecule has 0 spiro atoms. The van der Waals surface area contributed by atoms with E-state index in [1.807, 2.05) is 6.92 Å². The van der Waals surface area contributed by atoms with E-state index in [0.717, 1.165) is 7.57 Å². The Morgan fingerprint density at radius 2 is 2.11 bits per heavy atom. The van der Waals surface area contributed by atoms with E-state index in [9.17, 15) is 9.59 Å². The quantitative estimate of drug-likeness (QED) is 0.715. The first kappa shape index (κ1) is 15.7. The van der Waals surface area contributed by atoms with Crippen molar-refractivity contribution in [2.24, 2.45) is 0 Å². The lowest BCUT2D eigenvalue weighted by Crippen LogP contribution is -2.32. The molecular weight excluding hydrogens is 386 g/mol. The molecule has 0 aliphatic heterocycles. The van der Waals surface area contributed by atoms with Crippen LogP contribution in [0.2, 0.25) is 0 Å². The van der Waals surface area contributed by atoms with Gasteiger partial charge >= 0.3 is 5.97 Å². The predicted molar refractivity (Wildman–Crippen MR) is 77.9 cm³/mol. The molecule has 100 valence electrons. The van der Waals surface area contributed by atoms with E-state index < -0.39 is 0 Å². The number of halogens is 2. The van der Waals surface area contributed by atoms with Gasteiger partial charge in [0.25, 0.3) is 5.91 Å². The van der Waals surface area contributed by atoms with E-state index in [1.165, 1.54) is 18.4 Å². The Morgan fingerprint density at radius 3 is 2.56 bits per heavy atom. The van der Waals surface area contributed by atoms with E-state index >= 15 is 0 Å². The molecule has 1 rings (SSSR count). The lowest BCUT2D eigenvalue weighted by molar-refractivity contribution is -0.140. The Hall–Kier alpha value is -0.400. The fourth-order valence-electron chi connectivity index (χ4n) is 1.39. The molecule has 0 aliphatic carbocycles. The molecule has 4 nitrogen and oxygen atoms in total. The number of hydrogen-bond acceptors (Lipinski definition) is 4. The Morgan fingerprint density at radius 1 is 1.44 bits per heavy atom. The van der Waals surface area contributed by atoms with Crippen molar-refractivity contribution in [3.05, 3.63) is 19.2 Å². The first-order valence-corrected chi connectivity index (χ1v) is 7.70. The lowest BCUT2D eigenvalue weighted by atomic mass is 10.2. The van der Waals surface area contributed by atoms with Crippen molar-refractivity contribution in [1.29, 1.82) is 0 Å². The number of carbonyl (C=O) groups excluding carboxylic acids is 2. The monoisotopic (exact) mass is 397 g/mol. The van der Waals surface area contributed by atoms with Gasteiger partial charge in [0.1, 0.15) is 0 Å². The third kappa shape index (κ3) is 4.07. The zero-order chi connectivity index (χ0) is 13.7. The predicted octanol–water partition coefficient (Wildman–Crippen LogP) is 3.30. The Kier molecular flexibility index (Phi) is 6.31. The fourth-order valence-corrected chi connectivity index (χ4v) is 4.17. The van der Waals surface area contributed by atoms with E-state index in [0.29, 0.717) is 18.7 Å². The first-order valence-electron chi connectivity index (χ1n) is 5.30. The van der Waals surface area contributed by atoms with Gasteiger partial charge in [-0.1, -0.05) is 0 Å². The van der Waals surface area contributed by atoms with Crippen LogP contribution in [0.25, 0.3) is 0 Å². The molecule has 0 unspecified atom stereocenters. The standard InChI is InChI=1S/C11H13Br2NO3S/c1-3-14(5-4-9(15)17-2)11(16)7-6-8(12)18-10(7)13/h6H,3-5H2,1-2H3. The molecule has 1 heterocycles. The smallest absolute Gasteiger partial charge is 0.307 e. The van der Waals surface area contributed by atoms with Crippen molar-refractivity contribution in [3.63, 3.8) is 0 Å². The summed E-state index contributed by atoms with van der Waals surface area (Å²) in [5.41, 5.74) is 0.610. The van der Waals surface area contributed by atoms with Crippen molar-refractivity contribution in [3.8, 4) is 0 Å². The van der Waals surface area contributed by atoms with E-state index in [4.69, 9.17) is 0 Å². The highest BCUT2D eigenvalue weighted by atomic mass is 79.9. The molecule has 0 saturated carbocycles. The van der Waals surface area contributed by atoms with Crippen LogP contribution in [0.5, 0.6) is 0 Å². The molecule has 0 aliphatic rings. The van der Waals surface area contributed by atoms with Crippen LogP contribution in [0.15, 0.2) is 13.6 Å². The van der Waals surface area contributed by atoms with Crippen LogP contribution in [-0.4, -0.2) is 37.0 Å². The molecule has 1 aromatic rings. The molecule has 1 amide bonds. The summed E-state index contributed by atoms with van der Waals surface area (Å²) < 4.78 is 6.25. The van der Waals surface area contributed by atoms with Crippen LogP contribution >= 0.6 is 43.2 Å². The Balaban J connectivity index is 2.73. The summed E-state index contributed by atoms with van der Waals surface area (Å²) in [6, 6.07) is 1.78. The highest BCUT2D eigenvalue weighted by molar-refractivity contribution is 9.12. The number of methoxy groups -OCH3 is 1. The van der Waals surface area contributed by atoms with Crippen LogP contribution in [0.4, 0.5) is 0 Å². The third-order valence-corrected chi connectivity index (χ3v) is 4.71. The zero-order valence-corrected chi connectivity index (χ0v) is 14.0. The van der Waals surface area contributed by atoms with Gasteiger partial charge in [0, 0.05) is 13.1 Å². The molecule has 7 heteroatoms. The van der Waals surface area contributed by atoms with Gasteiger partial charge in [0.15, 0.2) is 0 Å². The number of rotatable bonds is 5. The van der Waals surface area contributed by atoms with E-state index in [2.05, 4.69) is 36.6 Å². The number of nitrogens with zero attached hydrogens (tertiary/aromatic N) is 1. The van der Waals surface area contributed by atoms with Crippen molar-refractivity contribution < 1.29 is 14.3 Å². The molecule has 0 N–H and O–H groups in total. The fraction of sp³-hybridized carbons (Fsp3) is 0.455. The zero-order valence-electron chi connectivity index (χ0n) is 10.0. The van der Waals surface area contributed by atoms with Gasteiger partial charge in [-0.2, -0.15) is 0 Å². The summed E-state index contributed by atoms with van der Waals surface area (Å²) in [5, 5.41) is 0. The largest absolute Gasteiger partial charge is 0.469 e. The van der Waals surface area contributed by atoms with Gasteiger partial charge in [-0.05, 0) is 44.8 Å². The maximum Gasteiger partial charge on any atom is 0.307 e. The van der Waals surface area contributed by atoms with Crippen LogP contribution in [0.3, 0.4) is 0 Å². The Labute approximate surface area is 127 Å². The molecule has 0 atom stereocenters. The topological polar surface area (TPSA) is 46.6 Å². The summed E-state index contributed by atoms with van der Waals surface area (Å²) in [7, 11) is 1.34. The highest BCUT2D eigenvalue weighted by Gasteiger charge is 2.20. The van der Waals surface area contributed by atoms with Crippen LogP contribution < -0.4 is 0 Å². The summed E-state index contributed by atoms with van der Waals surface area (Å²) in [4.78, 5) is 24.9. The van der Waals surface area contributed by atoms with Gasteiger partial charge < -0.3 is 9.64 Å². The number of hydrogen-bond donors (Lipinski definition) is 0. The van der Waals surface area contributed by atoms with Crippen LogP contribution in [-0.2, 0) is 9.53 Å². The van der Waals surface area contributed by atoms with Crippen molar-refractivity contribution in [2.75, 3.05) is 20.2 Å². The molecule has 0 aromatic carbocycles. The summed E-state index contributed by atoms with van der Waals surface area (Å²) >= 11 is 8.15. The normalized spacial score (nSPS) is 10.2.